The van der Waals surface area contributed by atoms with Crippen molar-refractivity contribution in [3.05, 3.63) is 29.8 Å². The van der Waals surface area contributed by atoms with Gasteiger partial charge in [0.1, 0.15) is 17.8 Å². The average Bonchev–Trinajstić information content (AvgIpc) is 2.84. The molecule has 1 aliphatic rings. The van der Waals surface area contributed by atoms with Crippen molar-refractivity contribution in [2.45, 2.75) is 58.7 Å². The van der Waals surface area contributed by atoms with E-state index in [2.05, 4.69) is 29.2 Å². The third-order valence-corrected chi connectivity index (χ3v) is 4.82. The largest absolute Gasteiger partial charge is 0.435 e. The van der Waals surface area contributed by atoms with Gasteiger partial charge in [0.05, 0.1) is 0 Å². The SMILES string of the molecule is CC(C)CC[C@@H](C)NC(=O)CN1C(=O)N[C@](C)(c2ccc(OC(F)F)cc2)C1=O. The lowest BCUT2D eigenvalue weighted by Crippen LogP contribution is -2.45. The van der Waals surface area contributed by atoms with Gasteiger partial charge >= 0.3 is 12.6 Å². The van der Waals surface area contributed by atoms with E-state index in [1.807, 2.05) is 6.92 Å². The lowest BCUT2D eigenvalue weighted by Gasteiger charge is -2.22. The van der Waals surface area contributed by atoms with Crippen LogP contribution in [0.25, 0.3) is 0 Å². The number of nitrogens with zero attached hydrogens (tertiary/aromatic N) is 1. The Bertz CT molecular complexity index is 755. The number of rotatable bonds is 9. The van der Waals surface area contributed by atoms with Gasteiger partial charge in [0.15, 0.2) is 0 Å². The van der Waals surface area contributed by atoms with Gasteiger partial charge in [0.2, 0.25) is 5.91 Å². The highest BCUT2D eigenvalue weighted by molar-refractivity contribution is 6.09. The summed E-state index contributed by atoms with van der Waals surface area (Å²) in [4.78, 5) is 38.3. The number of hydrogen-bond donors (Lipinski definition) is 2. The van der Waals surface area contributed by atoms with Gasteiger partial charge in [-0.1, -0.05) is 26.0 Å². The van der Waals surface area contributed by atoms with Crippen LogP contribution in [0.3, 0.4) is 0 Å². The summed E-state index contributed by atoms with van der Waals surface area (Å²) in [5, 5.41) is 5.37. The van der Waals surface area contributed by atoms with Crippen LogP contribution in [0.2, 0.25) is 0 Å². The molecule has 1 aromatic rings. The van der Waals surface area contributed by atoms with Crippen molar-refractivity contribution in [3.63, 3.8) is 0 Å². The fraction of sp³-hybridized carbons (Fsp3) is 0.550. The Morgan fingerprint density at radius 1 is 1.17 bits per heavy atom. The molecule has 2 N–H and O–H groups in total. The van der Waals surface area contributed by atoms with E-state index < -0.39 is 36.5 Å². The molecule has 0 aliphatic carbocycles. The van der Waals surface area contributed by atoms with Crippen LogP contribution in [0.4, 0.5) is 13.6 Å². The fourth-order valence-corrected chi connectivity index (χ4v) is 3.13. The van der Waals surface area contributed by atoms with Crippen LogP contribution < -0.4 is 15.4 Å². The number of urea groups is 1. The number of ether oxygens (including phenoxy) is 1. The molecule has 1 aromatic carbocycles. The smallest absolute Gasteiger partial charge is 0.387 e. The summed E-state index contributed by atoms with van der Waals surface area (Å²) in [5.74, 6) is -0.557. The van der Waals surface area contributed by atoms with E-state index in [1.165, 1.54) is 31.2 Å². The predicted octanol–water partition coefficient (Wildman–Crippen LogP) is 3.00. The average molecular weight is 411 g/mol. The van der Waals surface area contributed by atoms with Crippen molar-refractivity contribution in [1.82, 2.24) is 15.5 Å². The molecule has 1 heterocycles. The maximum atomic E-state index is 12.8. The van der Waals surface area contributed by atoms with Crippen LogP contribution >= 0.6 is 0 Å². The molecule has 0 radical (unpaired) electrons. The second-order valence-corrected chi connectivity index (χ2v) is 7.79. The molecule has 2 rings (SSSR count). The number of carbonyl (C=O) groups excluding carboxylic acids is 3. The van der Waals surface area contributed by atoms with E-state index >= 15 is 0 Å². The third-order valence-electron chi connectivity index (χ3n) is 4.82. The molecule has 4 amide bonds. The number of halogens is 2. The van der Waals surface area contributed by atoms with Crippen molar-refractivity contribution < 1.29 is 27.9 Å². The topological polar surface area (TPSA) is 87.7 Å². The number of alkyl halides is 2. The molecule has 0 bridgehead atoms. The first-order chi connectivity index (χ1) is 13.5. The fourth-order valence-electron chi connectivity index (χ4n) is 3.13. The predicted molar refractivity (Wildman–Crippen MR) is 102 cm³/mol. The van der Waals surface area contributed by atoms with E-state index in [-0.39, 0.29) is 11.8 Å². The Morgan fingerprint density at radius 3 is 2.34 bits per heavy atom. The Hall–Kier alpha value is -2.71. The van der Waals surface area contributed by atoms with Gasteiger partial charge in [0, 0.05) is 6.04 Å². The molecule has 7 nitrogen and oxygen atoms in total. The molecular formula is C20H27F2N3O4. The molecule has 0 spiro atoms. The highest BCUT2D eigenvalue weighted by Crippen LogP contribution is 2.30. The molecule has 1 saturated heterocycles. The second kappa shape index (κ2) is 9.19. The molecular weight excluding hydrogens is 384 g/mol. The molecule has 0 unspecified atom stereocenters. The summed E-state index contributed by atoms with van der Waals surface area (Å²) in [7, 11) is 0. The zero-order chi connectivity index (χ0) is 21.8. The summed E-state index contributed by atoms with van der Waals surface area (Å²) in [6, 6.07) is 4.67. The Kier molecular flexibility index (Phi) is 7.16. The molecule has 1 aliphatic heterocycles. The van der Waals surface area contributed by atoms with E-state index in [0.29, 0.717) is 11.5 Å². The van der Waals surface area contributed by atoms with Crippen LogP contribution in [-0.4, -0.2) is 41.9 Å². The maximum Gasteiger partial charge on any atom is 0.387 e. The van der Waals surface area contributed by atoms with Gasteiger partial charge < -0.3 is 15.4 Å². The molecule has 0 aromatic heterocycles. The van der Waals surface area contributed by atoms with Crippen LogP contribution in [0.5, 0.6) is 5.75 Å². The minimum Gasteiger partial charge on any atom is -0.435 e. The molecule has 160 valence electrons. The Labute approximate surface area is 168 Å². The zero-order valence-electron chi connectivity index (χ0n) is 17.0. The highest BCUT2D eigenvalue weighted by atomic mass is 19.3. The highest BCUT2D eigenvalue weighted by Gasteiger charge is 2.49. The van der Waals surface area contributed by atoms with Gasteiger partial charge in [-0.05, 0) is 50.3 Å². The lowest BCUT2D eigenvalue weighted by molar-refractivity contribution is -0.135. The van der Waals surface area contributed by atoms with Gasteiger partial charge in [-0.3, -0.25) is 14.5 Å². The number of amides is 4. The molecule has 2 atom stereocenters. The van der Waals surface area contributed by atoms with Crippen LogP contribution in [0, 0.1) is 5.92 Å². The van der Waals surface area contributed by atoms with E-state index in [0.717, 1.165) is 17.7 Å². The van der Waals surface area contributed by atoms with E-state index in [4.69, 9.17) is 0 Å². The van der Waals surface area contributed by atoms with E-state index in [1.54, 1.807) is 0 Å². The van der Waals surface area contributed by atoms with E-state index in [9.17, 15) is 23.2 Å². The molecule has 29 heavy (non-hydrogen) atoms. The van der Waals surface area contributed by atoms with Crippen molar-refractivity contribution in [1.29, 1.82) is 0 Å². The van der Waals surface area contributed by atoms with Crippen molar-refractivity contribution in [2.75, 3.05) is 6.54 Å². The standard InChI is InChI=1S/C20H27F2N3O4/c1-12(2)5-6-13(3)23-16(26)11-25-17(27)20(4,24-19(25)28)14-7-9-15(10-8-14)29-18(21)22/h7-10,12-13,18H,5-6,11H2,1-4H3,(H,23,26)(H,24,28)/t13-,20-/m1/s1. The van der Waals surface area contributed by atoms with Crippen molar-refractivity contribution in [2.24, 2.45) is 5.92 Å². The second-order valence-electron chi connectivity index (χ2n) is 7.79. The number of nitrogens with one attached hydrogen (secondary N) is 2. The first kappa shape index (κ1) is 22.6. The van der Waals surface area contributed by atoms with Gasteiger partial charge in [0.25, 0.3) is 5.91 Å². The Balaban J connectivity index is 2.03. The lowest BCUT2D eigenvalue weighted by atomic mass is 9.92. The number of benzene rings is 1. The molecule has 9 heteroatoms. The van der Waals surface area contributed by atoms with Gasteiger partial charge in [-0.2, -0.15) is 8.78 Å². The summed E-state index contributed by atoms with van der Waals surface area (Å²) in [6.07, 6.45) is 1.75. The van der Waals surface area contributed by atoms with Crippen molar-refractivity contribution in [3.8, 4) is 5.75 Å². The zero-order valence-corrected chi connectivity index (χ0v) is 17.0. The monoisotopic (exact) mass is 411 g/mol. The Morgan fingerprint density at radius 2 is 1.79 bits per heavy atom. The maximum absolute atomic E-state index is 12.8. The van der Waals surface area contributed by atoms with Crippen LogP contribution in [0.15, 0.2) is 24.3 Å². The number of hydrogen-bond acceptors (Lipinski definition) is 4. The van der Waals surface area contributed by atoms with Gasteiger partial charge in [-0.15, -0.1) is 0 Å². The van der Waals surface area contributed by atoms with Crippen LogP contribution in [-0.2, 0) is 15.1 Å². The minimum absolute atomic E-state index is 0.0595. The number of imide groups is 1. The first-order valence-electron chi connectivity index (χ1n) is 9.51. The summed E-state index contributed by atoms with van der Waals surface area (Å²) in [5.41, 5.74) is -1.00. The normalized spacial score (nSPS) is 20.2. The number of carbonyl (C=O) groups is 3. The summed E-state index contributed by atoms with van der Waals surface area (Å²) >= 11 is 0. The van der Waals surface area contributed by atoms with Gasteiger partial charge in [-0.25, -0.2) is 4.79 Å². The summed E-state index contributed by atoms with van der Waals surface area (Å²) < 4.78 is 28.9. The molecule has 0 saturated carbocycles. The molecule has 1 fully saturated rings. The third kappa shape index (κ3) is 5.65. The first-order valence-corrected chi connectivity index (χ1v) is 9.51. The minimum atomic E-state index is -2.96. The summed E-state index contributed by atoms with van der Waals surface area (Å²) in [6.45, 7) is 4.21. The van der Waals surface area contributed by atoms with Crippen molar-refractivity contribution >= 4 is 17.8 Å². The quantitative estimate of drug-likeness (QED) is 0.612. The van der Waals surface area contributed by atoms with Crippen LogP contribution in [0.1, 0.15) is 46.1 Å².